The fourth-order valence-electron chi connectivity index (χ4n) is 1.63. The molecule has 0 saturated heterocycles. The Morgan fingerprint density at radius 3 is 2.85 bits per heavy atom. The zero-order chi connectivity index (χ0) is 14.4. The van der Waals surface area contributed by atoms with E-state index in [1.807, 2.05) is 7.05 Å². The van der Waals surface area contributed by atoms with Gasteiger partial charge in [-0.05, 0) is 19.1 Å². The lowest BCUT2D eigenvalue weighted by Crippen LogP contribution is -2.09. The average molecular weight is 275 g/mol. The normalized spacial score (nSPS) is 10.3. The van der Waals surface area contributed by atoms with Crippen LogP contribution in [0.2, 0.25) is 0 Å². The van der Waals surface area contributed by atoms with Crippen LogP contribution < -0.4 is 5.32 Å². The lowest BCUT2D eigenvalue weighted by molar-refractivity contribution is 0.0526. The quantitative estimate of drug-likeness (QED) is 0.793. The fraction of sp³-hybridized carbons (Fsp3) is 0.385. The minimum Gasteiger partial charge on any atom is -0.462 e. The number of anilines is 1. The highest BCUT2D eigenvalue weighted by atomic mass is 16.5. The molecule has 1 N–H and O–H groups in total. The van der Waals surface area contributed by atoms with Crippen molar-refractivity contribution < 1.29 is 9.53 Å². The second kappa shape index (κ2) is 6.65. The summed E-state index contributed by atoms with van der Waals surface area (Å²) in [6, 6.07) is 3.43. The molecule has 2 heterocycles. The molecule has 0 saturated carbocycles. The number of ether oxygens (including phenoxy) is 1. The van der Waals surface area contributed by atoms with Gasteiger partial charge in [-0.25, -0.2) is 14.8 Å². The molecule has 0 aliphatic heterocycles. The van der Waals surface area contributed by atoms with Crippen LogP contribution in [0.25, 0.3) is 0 Å². The Kier molecular flexibility index (Phi) is 4.65. The molecule has 2 aromatic rings. The molecule has 0 unspecified atom stereocenters. The third-order valence-corrected chi connectivity index (χ3v) is 2.58. The van der Waals surface area contributed by atoms with Crippen molar-refractivity contribution in [3.05, 3.63) is 36.0 Å². The zero-order valence-electron chi connectivity index (χ0n) is 11.5. The maximum Gasteiger partial charge on any atom is 0.339 e. The van der Waals surface area contributed by atoms with E-state index in [2.05, 4.69) is 20.4 Å². The van der Waals surface area contributed by atoms with E-state index in [9.17, 15) is 4.79 Å². The number of rotatable bonds is 6. The largest absolute Gasteiger partial charge is 0.462 e. The summed E-state index contributed by atoms with van der Waals surface area (Å²) < 4.78 is 6.56. The Morgan fingerprint density at radius 2 is 2.25 bits per heavy atom. The van der Waals surface area contributed by atoms with Gasteiger partial charge in [-0.3, -0.25) is 4.68 Å². The summed E-state index contributed by atoms with van der Waals surface area (Å²) in [6.45, 7) is 2.80. The van der Waals surface area contributed by atoms with Crippen molar-refractivity contribution in [3.8, 4) is 0 Å². The number of nitrogens with zero attached hydrogens (tertiary/aromatic N) is 4. The van der Waals surface area contributed by atoms with E-state index in [1.165, 1.54) is 6.20 Å². The third-order valence-electron chi connectivity index (χ3n) is 2.58. The van der Waals surface area contributed by atoms with Gasteiger partial charge in [-0.2, -0.15) is 5.10 Å². The van der Waals surface area contributed by atoms with Gasteiger partial charge < -0.3 is 10.1 Å². The van der Waals surface area contributed by atoms with Crippen LogP contribution >= 0.6 is 0 Å². The van der Waals surface area contributed by atoms with Gasteiger partial charge in [0, 0.05) is 26.2 Å². The molecule has 0 spiro atoms. The van der Waals surface area contributed by atoms with Crippen LogP contribution in [0.1, 0.15) is 23.1 Å². The molecular weight excluding hydrogens is 258 g/mol. The van der Waals surface area contributed by atoms with Crippen LogP contribution in [0.3, 0.4) is 0 Å². The summed E-state index contributed by atoms with van der Waals surface area (Å²) in [4.78, 5) is 19.8. The van der Waals surface area contributed by atoms with E-state index in [1.54, 1.807) is 30.1 Å². The lowest BCUT2D eigenvalue weighted by atomic mass is 10.3. The van der Waals surface area contributed by atoms with Crippen LogP contribution in [-0.4, -0.2) is 38.9 Å². The van der Waals surface area contributed by atoms with E-state index in [-0.39, 0.29) is 5.97 Å². The maximum atomic E-state index is 11.5. The highest BCUT2D eigenvalue weighted by molar-refractivity contribution is 5.89. The number of hydrogen-bond acceptors (Lipinski definition) is 6. The van der Waals surface area contributed by atoms with Crippen molar-refractivity contribution in [1.82, 2.24) is 19.7 Å². The Labute approximate surface area is 117 Å². The number of nitrogens with one attached hydrogen (secondary N) is 1. The second-order valence-electron chi connectivity index (χ2n) is 4.16. The van der Waals surface area contributed by atoms with E-state index < -0.39 is 0 Å². The van der Waals surface area contributed by atoms with E-state index in [0.29, 0.717) is 31.0 Å². The van der Waals surface area contributed by atoms with Crippen LogP contribution in [0.5, 0.6) is 0 Å². The van der Waals surface area contributed by atoms with Gasteiger partial charge in [0.1, 0.15) is 12.1 Å². The van der Waals surface area contributed by atoms with Crippen molar-refractivity contribution in [2.24, 2.45) is 7.05 Å². The zero-order valence-corrected chi connectivity index (χ0v) is 11.5. The minimum atomic E-state index is -0.357. The van der Waals surface area contributed by atoms with Crippen molar-refractivity contribution in [2.75, 3.05) is 18.5 Å². The number of aryl methyl sites for hydroxylation is 1. The summed E-state index contributed by atoms with van der Waals surface area (Å²) >= 11 is 0. The molecule has 7 heteroatoms. The number of pyridine rings is 1. The molecular formula is C13H17N5O2. The molecule has 2 aromatic heterocycles. The van der Waals surface area contributed by atoms with E-state index in [0.717, 1.165) is 5.82 Å². The molecule has 0 fully saturated rings. The maximum absolute atomic E-state index is 11.5. The molecule has 106 valence electrons. The molecule has 20 heavy (non-hydrogen) atoms. The Hall–Kier alpha value is -2.44. The standard InChI is InChI=1S/C13H17N5O2/c1-3-20-13(19)10-4-5-11(15-8-10)14-7-6-12-16-9-18(2)17-12/h4-5,8-9H,3,6-7H2,1-2H3,(H,14,15). The monoisotopic (exact) mass is 275 g/mol. The topological polar surface area (TPSA) is 81.9 Å². The summed E-state index contributed by atoms with van der Waals surface area (Å²) in [5.41, 5.74) is 0.448. The summed E-state index contributed by atoms with van der Waals surface area (Å²) in [5.74, 6) is 1.13. The molecule has 0 aliphatic carbocycles. The number of carbonyl (C=O) groups is 1. The molecule has 0 bridgehead atoms. The van der Waals surface area contributed by atoms with Crippen molar-refractivity contribution in [1.29, 1.82) is 0 Å². The Morgan fingerprint density at radius 1 is 1.40 bits per heavy atom. The Bertz CT molecular complexity index is 564. The predicted octanol–water partition coefficient (Wildman–Crippen LogP) is 1.04. The van der Waals surface area contributed by atoms with Gasteiger partial charge in [0.05, 0.1) is 12.2 Å². The van der Waals surface area contributed by atoms with Crippen LogP contribution in [0.4, 0.5) is 5.82 Å². The number of hydrogen-bond donors (Lipinski definition) is 1. The Balaban J connectivity index is 1.83. The number of aromatic nitrogens is 4. The first-order valence-corrected chi connectivity index (χ1v) is 6.40. The van der Waals surface area contributed by atoms with Gasteiger partial charge in [0.25, 0.3) is 0 Å². The summed E-state index contributed by atoms with van der Waals surface area (Å²) in [7, 11) is 1.83. The highest BCUT2D eigenvalue weighted by Crippen LogP contribution is 2.06. The first-order chi connectivity index (χ1) is 9.69. The highest BCUT2D eigenvalue weighted by Gasteiger charge is 2.06. The van der Waals surface area contributed by atoms with Gasteiger partial charge in [-0.15, -0.1) is 0 Å². The second-order valence-corrected chi connectivity index (χ2v) is 4.16. The summed E-state index contributed by atoms with van der Waals surface area (Å²) in [5, 5.41) is 7.33. The fourth-order valence-corrected chi connectivity index (χ4v) is 1.63. The van der Waals surface area contributed by atoms with Crippen molar-refractivity contribution in [3.63, 3.8) is 0 Å². The minimum absolute atomic E-state index is 0.357. The van der Waals surface area contributed by atoms with Crippen LogP contribution in [0.15, 0.2) is 24.7 Å². The lowest BCUT2D eigenvalue weighted by Gasteiger charge is -2.05. The third kappa shape index (κ3) is 3.78. The van der Waals surface area contributed by atoms with E-state index >= 15 is 0 Å². The summed E-state index contributed by atoms with van der Waals surface area (Å²) in [6.07, 6.45) is 3.88. The predicted molar refractivity (Wildman–Crippen MR) is 73.4 cm³/mol. The number of esters is 1. The SMILES string of the molecule is CCOC(=O)c1ccc(NCCc2ncn(C)n2)nc1. The average Bonchev–Trinajstić information content (AvgIpc) is 2.85. The molecule has 0 amide bonds. The van der Waals surface area contributed by atoms with Gasteiger partial charge in [0.2, 0.25) is 0 Å². The van der Waals surface area contributed by atoms with Gasteiger partial charge in [0.15, 0.2) is 5.82 Å². The molecule has 0 atom stereocenters. The van der Waals surface area contributed by atoms with E-state index in [4.69, 9.17) is 4.74 Å². The smallest absolute Gasteiger partial charge is 0.339 e. The van der Waals surface area contributed by atoms with Crippen LogP contribution in [0, 0.1) is 0 Å². The van der Waals surface area contributed by atoms with Gasteiger partial charge in [-0.1, -0.05) is 0 Å². The van der Waals surface area contributed by atoms with Crippen molar-refractivity contribution >= 4 is 11.8 Å². The molecule has 0 aliphatic rings. The molecule has 7 nitrogen and oxygen atoms in total. The molecule has 0 aromatic carbocycles. The number of carbonyl (C=O) groups excluding carboxylic acids is 1. The first-order valence-electron chi connectivity index (χ1n) is 6.40. The van der Waals surface area contributed by atoms with Gasteiger partial charge >= 0.3 is 5.97 Å². The van der Waals surface area contributed by atoms with Crippen molar-refractivity contribution in [2.45, 2.75) is 13.3 Å². The van der Waals surface area contributed by atoms with Crippen LogP contribution in [-0.2, 0) is 18.2 Å². The first kappa shape index (κ1) is 14.0. The molecule has 2 rings (SSSR count). The molecule has 0 radical (unpaired) electrons.